The summed E-state index contributed by atoms with van der Waals surface area (Å²) in [6.07, 6.45) is 2.85. The zero-order valence-corrected chi connectivity index (χ0v) is 20.8. The molecule has 1 aliphatic carbocycles. The molecule has 1 aliphatic heterocycles. The van der Waals surface area contributed by atoms with Gasteiger partial charge in [-0.05, 0) is 62.8 Å². The Kier molecular flexibility index (Phi) is 5.62. The predicted molar refractivity (Wildman–Crippen MR) is 135 cm³/mol. The van der Waals surface area contributed by atoms with Crippen molar-refractivity contribution >= 4 is 11.9 Å². The van der Waals surface area contributed by atoms with Gasteiger partial charge in [-0.3, -0.25) is 19.3 Å². The monoisotopic (exact) mass is 487 g/mol. The van der Waals surface area contributed by atoms with Gasteiger partial charge in [0.05, 0.1) is 6.04 Å². The maximum atomic E-state index is 13.4. The van der Waals surface area contributed by atoms with Gasteiger partial charge < -0.3 is 15.1 Å². The van der Waals surface area contributed by atoms with Crippen LogP contribution >= 0.6 is 0 Å². The Labute approximate surface area is 209 Å². The van der Waals surface area contributed by atoms with Gasteiger partial charge in [0.2, 0.25) is 5.43 Å². The minimum atomic E-state index is -1.46. The Balaban J connectivity index is 1.86. The van der Waals surface area contributed by atoms with Crippen molar-refractivity contribution in [2.45, 2.75) is 52.6 Å². The van der Waals surface area contributed by atoms with Gasteiger partial charge in [-0.25, -0.2) is 4.79 Å². The van der Waals surface area contributed by atoms with Crippen molar-refractivity contribution in [3.8, 4) is 5.75 Å². The normalized spacial score (nSPS) is 15.4. The molecule has 0 fully saturated rings. The highest BCUT2D eigenvalue weighted by Crippen LogP contribution is 2.39. The zero-order chi connectivity index (χ0) is 25.9. The second-order valence-corrected chi connectivity index (χ2v) is 9.98. The smallest absolute Gasteiger partial charge is 0.341 e. The maximum absolute atomic E-state index is 13.4. The van der Waals surface area contributed by atoms with E-state index in [1.165, 1.54) is 10.9 Å². The molecule has 8 nitrogen and oxygen atoms in total. The van der Waals surface area contributed by atoms with Crippen LogP contribution in [0.25, 0.3) is 0 Å². The molecule has 1 amide bonds. The fourth-order valence-electron chi connectivity index (χ4n) is 5.32. The molecule has 5 rings (SSSR count). The minimum absolute atomic E-state index is 0.149. The Morgan fingerprint density at radius 2 is 1.53 bits per heavy atom. The molecule has 0 bridgehead atoms. The molecule has 0 radical (unpaired) electrons. The molecule has 186 valence electrons. The molecule has 2 aromatic carbocycles. The van der Waals surface area contributed by atoms with E-state index in [4.69, 9.17) is 0 Å². The van der Waals surface area contributed by atoms with Crippen LogP contribution in [-0.4, -0.2) is 44.4 Å². The average Bonchev–Trinajstić information content (AvgIpc) is 2.97. The summed E-state index contributed by atoms with van der Waals surface area (Å²) >= 11 is 0. The molecule has 0 spiro atoms. The summed E-state index contributed by atoms with van der Waals surface area (Å²) in [7, 11) is 0. The number of carboxylic acid groups (broad SMARTS) is 1. The summed E-state index contributed by atoms with van der Waals surface area (Å²) in [5.41, 5.74) is 4.72. The van der Waals surface area contributed by atoms with Crippen molar-refractivity contribution in [1.82, 2.24) is 9.58 Å². The summed E-state index contributed by atoms with van der Waals surface area (Å²) < 4.78 is 1.38. The molecule has 0 atom stereocenters. The van der Waals surface area contributed by atoms with Crippen LogP contribution < -0.4 is 10.4 Å². The van der Waals surface area contributed by atoms with Crippen LogP contribution in [-0.2, 0) is 12.8 Å². The third-order valence-electron chi connectivity index (χ3n) is 7.21. The lowest BCUT2D eigenvalue weighted by Crippen LogP contribution is -2.57. The van der Waals surface area contributed by atoms with Crippen molar-refractivity contribution in [2.75, 3.05) is 11.7 Å². The second kappa shape index (κ2) is 8.55. The fourth-order valence-corrected chi connectivity index (χ4v) is 5.32. The number of carboxylic acids is 1. The minimum Gasteiger partial charge on any atom is -0.502 e. The Bertz CT molecular complexity index is 1420. The predicted octanol–water partition coefficient (Wildman–Crippen LogP) is 3.52. The number of hydrogen-bond acceptors (Lipinski definition) is 5. The van der Waals surface area contributed by atoms with Gasteiger partial charge in [0.15, 0.2) is 11.4 Å². The third-order valence-corrected chi connectivity index (χ3v) is 7.21. The van der Waals surface area contributed by atoms with E-state index in [2.05, 4.69) is 36.4 Å². The maximum Gasteiger partial charge on any atom is 0.341 e. The van der Waals surface area contributed by atoms with Crippen LogP contribution in [0.3, 0.4) is 0 Å². The number of amides is 1. The van der Waals surface area contributed by atoms with E-state index in [-0.39, 0.29) is 24.4 Å². The summed E-state index contributed by atoms with van der Waals surface area (Å²) in [6, 6.07) is 12.1. The van der Waals surface area contributed by atoms with Gasteiger partial charge in [-0.1, -0.05) is 47.5 Å². The van der Waals surface area contributed by atoms with Gasteiger partial charge in [-0.15, -0.1) is 0 Å². The highest BCUT2D eigenvalue weighted by molar-refractivity contribution is 5.98. The van der Waals surface area contributed by atoms with E-state index in [0.29, 0.717) is 0 Å². The molecule has 2 N–H and O–H groups in total. The highest BCUT2D eigenvalue weighted by Gasteiger charge is 2.40. The lowest BCUT2D eigenvalue weighted by Gasteiger charge is -2.45. The van der Waals surface area contributed by atoms with Crippen LogP contribution in [0.2, 0.25) is 0 Å². The van der Waals surface area contributed by atoms with Gasteiger partial charge in [-0.2, -0.15) is 0 Å². The largest absolute Gasteiger partial charge is 0.502 e. The van der Waals surface area contributed by atoms with E-state index >= 15 is 0 Å². The third kappa shape index (κ3) is 3.64. The first kappa shape index (κ1) is 23.7. The molecule has 3 aromatic rings. The number of aromatic hydroxyl groups is 1. The molecule has 2 heterocycles. The van der Waals surface area contributed by atoms with Crippen LogP contribution in [0.15, 0.2) is 47.4 Å². The van der Waals surface area contributed by atoms with E-state index in [9.17, 15) is 24.6 Å². The molecule has 0 saturated carbocycles. The first-order chi connectivity index (χ1) is 17.1. The molecule has 0 unspecified atom stereocenters. The van der Waals surface area contributed by atoms with Crippen molar-refractivity contribution in [2.24, 2.45) is 0 Å². The Morgan fingerprint density at radius 1 is 0.972 bits per heavy atom. The van der Waals surface area contributed by atoms with Crippen LogP contribution in [0.1, 0.15) is 74.1 Å². The number of carbonyl (C=O) groups excluding carboxylic acids is 1. The number of aryl methyl sites for hydroxylation is 4. The van der Waals surface area contributed by atoms with Crippen molar-refractivity contribution in [1.29, 1.82) is 0 Å². The summed E-state index contributed by atoms with van der Waals surface area (Å²) in [4.78, 5) is 39.6. The summed E-state index contributed by atoms with van der Waals surface area (Å²) in [5.74, 6) is -2.83. The zero-order valence-electron chi connectivity index (χ0n) is 20.8. The molecule has 0 saturated heterocycles. The molecule has 36 heavy (non-hydrogen) atoms. The number of hydrogen-bond donors (Lipinski definition) is 2. The van der Waals surface area contributed by atoms with Gasteiger partial charge in [0.25, 0.3) is 5.91 Å². The number of nitrogens with zero attached hydrogens (tertiary/aromatic N) is 3. The Morgan fingerprint density at radius 3 is 2.03 bits per heavy atom. The number of aromatic carboxylic acids is 1. The number of rotatable bonds is 3. The fraction of sp³-hybridized carbons (Fsp3) is 0.321. The number of carbonyl (C=O) groups is 2. The van der Waals surface area contributed by atoms with Crippen LogP contribution in [0, 0.1) is 13.8 Å². The van der Waals surface area contributed by atoms with E-state index in [1.807, 2.05) is 32.7 Å². The van der Waals surface area contributed by atoms with E-state index in [0.717, 1.165) is 46.2 Å². The lowest BCUT2D eigenvalue weighted by molar-refractivity contribution is 0.0612. The van der Waals surface area contributed by atoms with E-state index in [1.54, 1.807) is 4.90 Å². The van der Waals surface area contributed by atoms with Gasteiger partial charge >= 0.3 is 5.97 Å². The first-order valence-corrected chi connectivity index (χ1v) is 12.1. The molecular formula is C28H29N3O5. The first-order valence-electron chi connectivity index (χ1n) is 12.1. The molecular weight excluding hydrogens is 458 g/mol. The molecule has 1 aromatic heterocycles. The number of aromatic nitrogens is 1. The quantitative estimate of drug-likeness (QED) is 0.586. The van der Waals surface area contributed by atoms with Crippen molar-refractivity contribution in [3.63, 3.8) is 0 Å². The SMILES string of the molecule is Cc1ccc2c(c1)C(N1CN(C(C)C)C(=O)c3c(O)c(=O)c(C(=O)O)cn31)c1cc(C)ccc1CC2. The highest BCUT2D eigenvalue weighted by atomic mass is 16.4. The van der Waals surface area contributed by atoms with Crippen LogP contribution in [0.5, 0.6) is 5.75 Å². The molecule has 8 heteroatoms. The van der Waals surface area contributed by atoms with Crippen LogP contribution in [0.4, 0.5) is 0 Å². The molecule has 2 aliphatic rings. The lowest BCUT2D eigenvalue weighted by atomic mass is 9.91. The standard InChI is InChI=1S/C28H29N3O5/c1-15(2)29-14-31(30-13-22(28(35)36)25(32)26(33)24(30)27(29)34)23-20-11-16(3)5-7-18(20)9-10-19-8-6-17(4)12-21(19)23/h5-8,11-13,15,23,33H,9-10,14H2,1-4H3,(H,35,36). The Hall–Kier alpha value is -4.07. The summed E-state index contributed by atoms with van der Waals surface area (Å²) in [6.45, 7) is 7.94. The average molecular weight is 488 g/mol. The number of benzene rings is 2. The van der Waals surface area contributed by atoms with Gasteiger partial charge in [0.1, 0.15) is 12.2 Å². The van der Waals surface area contributed by atoms with Crippen molar-refractivity contribution in [3.05, 3.63) is 97.5 Å². The second-order valence-electron chi connectivity index (χ2n) is 9.98. The number of fused-ring (bicyclic) bond motifs is 3. The van der Waals surface area contributed by atoms with Crippen molar-refractivity contribution < 1.29 is 19.8 Å². The van der Waals surface area contributed by atoms with Gasteiger partial charge in [0, 0.05) is 12.2 Å². The summed E-state index contributed by atoms with van der Waals surface area (Å²) in [5, 5.41) is 22.4. The topological polar surface area (TPSA) is 103 Å². The number of pyridine rings is 1. The van der Waals surface area contributed by atoms with E-state index < -0.39 is 28.6 Å².